The number of para-hydroxylation sites is 1. The highest BCUT2D eigenvalue weighted by atomic mass is 32.2. The number of thioether (sulfide) groups is 1. The van der Waals surface area contributed by atoms with E-state index < -0.39 is 12.0 Å². The summed E-state index contributed by atoms with van der Waals surface area (Å²) in [5.41, 5.74) is 2.64. The lowest BCUT2D eigenvalue weighted by Gasteiger charge is -2.37. The second kappa shape index (κ2) is 11.9. The van der Waals surface area contributed by atoms with Crippen LogP contribution >= 0.6 is 11.8 Å². The van der Waals surface area contributed by atoms with E-state index in [9.17, 15) is 14.4 Å². The third-order valence-electron chi connectivity index (χ3n) is 6.86. The molecular weight excluding hydrogens is 494 g/mol. The fourth-order valence-corrected chi connectivity index (χ4v) is 5.93. The summed E-state index contributed by atoms with van der Waals surface area (Å²) in [6.07, 6.45) is 1.89. The largest absolute Gasteiger partial charge is 0.496 e. The lowest BCUT2D eigenvalue weighted by Crippen LogP contribution is -2.42. The van der Waals surface area contributed by atoms with Gasteiger partial charge in [0.2, 0.25) is 5.91 Å². The number of ether oxygens (including phenoxy) is 3. The summed E-state index contributed by atoms with van der Waals surface area (Å²) in [4.78, 5) is 47.0. The normalized spacial score (nSPS) is 19.7. The molecule has 0 N–H and O–H groups in total. The van der Waals surface area contributed by atoms with Crippen molar-refractivity contribution >= 4 is 34.8 Å². The number of aliphatic imine (C=N–C) groups is 1. The molecule has 1 aromatic rings. The summed E-state index contributed by atoms with van der Waals surface area (Å²) in [5, 5.41) is 2.64. The van der Waals surface area contributed by atoms with Gasteiger partial charge in [-0.15, -0.1) is 0 Å². The molecule has 198 valence electrons. The molecular formula is C27H33N3O6S. The number of carbonyl (C=O) groups is 3. The van der Waals surface area contributed by atoms with Crippen LogP contribution in [0.1, 0.15) is 51.1 Å². The molecule has 1 saturated heterocycles. The lowest BCUT2D eigenvalue weighted by molar-refractivity contribution is -0.151. The van der Waals surface area contributed by atoms with E-state index in [1.54, 1.807) is 18.9 Å². The van der Waals surface area contributed by atoms with Gasteiger partial charge in [-0.3, -0.25) is 9.59 Å². The van der Waals surface area contributed by atoms with Gasteiger partial charge in [-0.1, -0.05) is 36.9 Å². The fraction of sp³-hybridized carbons (Fsp3) is 0.481. The van der Waals surface area contributed by atoms with Crippen molar-refractivity contribution in [1.82, 2.24) is 9.80 Å². The molecule has 9 nitrogen and oxygen atoms in total. The molecule has 3 aliphatic heterocycles. The minimum absolute atomic E-state index is 0.0286. The first-order chi connectivity index (χ1) is 17.9. The summed E-state index contributed by atoms with van der Waals surface area (Å²) in [5.74, 6) is -0.208. The standard InChI is InChI=1S/C27H33N3O6S/c1-5-20-23(26(33)35-4)24(19-9-7-8-10-21(19)34-3)30-18(16-37-27(30)28-20)15-22(31)29-13-11-17(12-14-29)25(32)36-6-2/h7-10,16-17,24H,5-6,11-15H2,1-4H3. The molecule has 1 unspecified atom stereocenters. The van der Waals surface area contributed by atoms with Gasteiger partial charge < -0.3 is 24.0 Å². The number of methoxy groups -OCH3 is 2. The van der Waals surface area contributed by atoms with Crippen molar-refractivity contribution in [3.63, 3.8) is 0 Å². The first kappa shape index (κ1) is 26.8. The van der Waals surface area contributed by atoms with E-state index in [1.165, 1.54) is 18.9 Å². The molecule has 0 spiro atoms. The number of carbonyl (C=O) groups excluding carboxylic acids is 3. The maximum absolute atomic E-state index is 13.4. The summed E-state index contributed by atoms with van der Waals surface area (Å²) in [6, 6.07) is 7.00. The molecule has 37 heavy (non-hydrogen) atoms. The van der Waals surface area contributed by atoms with Crippen LogP contribution in [0.4, 0.5) is 0 Å². The van der Waals surface area contributed by atoms with Crippen LogP contribution in [0.25, 0.3) is 0 Å². The topological polar surface area (TPSA) is 97.7 Å². The van der Waals surface area contributed by atoms with Gasteiger partial charge in [0.25, 0.3) is 0 Å². The second-order valence-electron chi connectivity index (χ2n) is 8.93. The number of amides is 1. The van der Waals surface area contributed by atoms with E-state index in [4.69, 9.17) is 19.2 Å². The number of rotatable bonds is 8. The summed E-state index contributed by atoms with van der Waals surface area (Å²) < 4.78 is 16.0. The van der Waals surface area contributed by atoms with Gasteiger partial charge >= 0.3 is 11.9 Å². The average molecular weight is 528 g/mol. The van der Waals surface area contributed by atoms with Crippen molar-refractivity contribution in [3.05, 3.63) is 52.2 Å². The molecule has 1 fully saturated rings. The maximum atomic E-state index is 13.4. The van der Waals surface area contributed by atoms with Crippen LogP contribution in [-0.2, 0) is 23.9 Å². The van der Waals surface area contributed by atoms with E-state index in [-0.39, 0.29) is 24.2 Å². The smallest absolute Gasteiger partial charge is 0.338 e. The quantitative estimate of drug-likeness (QED) is 0.468. The molecule has 0 radical (unpaired) electrons. The summed E-state index contributed by atoms with van der Waals surface area (Å²) in [6.45, 7) is 5.12. The van der Waals surface area contributed by atoms with E-state index in [0.29, 0.717) is 61.1 Å². The highest BCUT2D eigenvalue weighted by Crippen LogP contribution is 2.47. The van der Waals surface area contributed by atoms with Crippen LogP contribution in [0, 0.1) is 5.92 Å². The monoisotopic (exact) mass is 527 g/mol. The number of fused-ring (bicyclic) bond motifs is 1. The van der Waals surface area contributed by atoms with Crippen molar-refractivity contribution in [1.29, 1.82) is 0 Å². The molecule has 3 heterocycles. The average Bonchev–Trinajstić information content (AvgIpc) is 3.33. The predicted octanol–water partition coefficient (Wildman–Crippen LogP) is 4.03. The minimum Gasteiger partial charge on any atom is -0.496 e. The number of hydrogen-bond donors (Lipinski definition) is 0. The number of allylic oxidation sites excluding steroid dienone is 1. The molecule has 1 atom stereocenters. The maximum Gasteiger partial charge on any atom is 0.338 e. The van der Waals surface area contributed by atoms with Crippen LogP contribution < -0.4 is 4.74 Å². The Morgan fingerprint density at radius 2 is 1.84 bits per heavy atom. The fourth-order valence-electron chi connectivity index (χ4n) is 4.99. The molecule has 3 aliphatic rings. The number of piperidine rings is 1. The van der Waals surface area contributed by atoms with Crippen molar-refractivity contribution < 1.29 is 28.6 Å². The highest BCUT2D eigenvalue weighted by molar-refractivity contribution is 8.16. The van der Waals surface area contributed by atoms with Crippen LogP contribution in [0.5, 0.6) is 5.75 Å². The van der Waals surface area contributed by atoms with E-state index >= 15 is 0 Å². The van der Waals surface area contributed by atoms with Crippen LogP contribution in [0.2, 0.25) is 0 Å². The van der Waals surface area contributed by atoms with Crippen molar-refractivity contribution in [2.75, 3.05) is 33.9 Å². The summed E-state index contributed by atoms with van der Waals surface area (Å²) >= 11 is 1.44. The van der Waals surface area contributed by atoms with E-state index in [1.807, 2.05) is 41.5 Å². The minimum atomic E-state index is -0.547. The number of likely N-dealkylation sites (tertiary alicyclic amines) is 1. The van der Waals surface area contributed by atoms with Gasteiger partial charge in [-0.25, -0.2) is 9.79 Å². The molecule has 10 heteroatoms. The van der Waals surface area contributed by atoms with Crippen molar-refractivity contribution in [2.45, 2.75) is 45.6 Å². The van der Waals surface area contributed by atoms with Gasteiger partial charge in [0.1, 0.15) is 5.75 Å². The zero-order valence-electron chi connectivity index (χ0n) is 21.7. The molecule has 0 bridgehead atoms. The third-order valence-corrected chi connectivity index (χ3v) is 7.75. The Balaban J connectivity index is 1.60. The van der Waals surface area contributed by atoms with Gasteiger partial charge in [-0.2, -0.15) is 0 Å². The Labute approximate surface area is 221 Å². The first-order valence-electron chi connectivity index (χ1n) is 12.6. The Hall–Kier alpha value is -3.27. The Morgan fingerprint density at radius 3 is 2.49 bits per heavy atom. The number of benzene rings is 1. The first-order valence-corrected chi connectivity index (χ1v) is 13.4. The number of esters is 2. The van der Waals surface area contributed by atoms with Gasteiger partial charge in [0, 0.05) is 24.4 Å². The molecule has 0 aliphatic carbocycles. The van der Waals surface area contributed by atoms with E-state index in [0.717, 1.165) is 11.3 Å². The Kier molecular flexibility index (Phi) is 8.58. The van der Waals surface area contributed by atoms with Gasteiger partial charge in [-0.05, 0) is 37.7 Å². The lowest BCUT2D eigenvalue weighted by atomic mass is 9.92. The van der Waals surface area contributed by atoms with Gasteiger partial charge in [0.05, 0.1) is 50.5 Å². The highest BCUT2D eigenvalue weighted by Gasteiger charge is 2.43. The van der Waals surface area contributed by atoms with Crippen molar-refractivity contribution in [3.8, 4) is 5.75 Å². The molecule has 1 amide bonds. The van der Waals surface area contributed by atoms with Crippen LogP contribution in [-0.4, -0.2) is 66.7 Å². The summed E-state index contributed by atoms with van der Waals surface area (Å²) in [7, 11) is 2.96. The van der Waals surface area contributed by atoms with Crippen molar-refractivity contribution in [2.24, 2.45) is 10.9 Å². The Morgan fingerprint density at radius 1 is 1.11 bits per heavy atom. The van der Waals surface area contributed by atoms with Crippen LogP contribution in [0.3, 0.4) is 0 Å². The van der Waals surface area contributed by atoms with E-state index in [2.05, 4.69) is 0 Å². The Bertz CT molecular complexity index is 1150. The third kappa shape index (κ3) is 5.39. The SMILES string of the molecule is CCOC(=O)C1CCN(C(=O)CC2=CSC3=NC(CC)=C(C(=O)OC)C(c4ccccc4OC)N23)CC1. The molecule has 0 aromatic heterocycles. The zero-order chi connectivity index (χ0) is 26.5. The predicted molar refractivity (Wildman–Crippen MR) is 141 cm³/mol. The molecule has 1 aromatic carbocycles. The number of hydrogen-bond acceptors (Lipinski definition) is 9. The second-order valence-corrected chi connectivity index (χ2v) is 9.76. The van der Waals surface area contributed by atoms with Crippen LogP contribution in [0.15, 0.2) is 51.6 Å². The van der Waals surface area contributed by atoms with Gasteiger partial charge in [0.15, 0.2) is 5.17 Å². The zero-order valence-corrected chi connectivity index (χ0v) is 22.5. The number of nitrogens with zero attached hydrogens (tertiary/aromatic N) is 3. The molecule has 4 rings (SSSR count). The number of amidine groups is 1. The molecule has 0 saturated carbocycles.